The van der Waals surface area contributed by atoms with Crippen molar-refractivity contribution in [1.82, 2.24) is 25.1 Å². The molecule has 24 heavy (non-hydrogen) atoms. The molecule has 2 aliphatic heterocycles. The molecule has 6 nitrogen and oxygen atoms in total. The minimum Gasteiger partial charge on any atom is -0.338 e. The molecule has 0 radical (unpaired) electrons. The van der Waals surface area contributed by atoms with E-state index in [2.05, 4.69) is 36.9 Å². The Morgan fingerprint density at radius 1 is 1.12 bits per heavy atom. The number of likely N-dealkylation sites (tertiary alicyclic amines) is 1. The molecule has 3 fully saturated rings. The molecule has 1 aromatic rings. The first-order valence-electron chi connectivity index (χ1n) is 9.53. The number of rotatable bonds is 6. The maximum atomic E-state index is 4.35. The summed E-state index contributed by atoms with van der Waals surface area (Å²) < 4.78 is 0. The van der Waals surface area contributed by atoms with E-state index in [0.717, 1.165) is 57.3 Å². The van der Waals surface area contributed by atoms with Crippen molar-refractivity contribution < 1.29 is 0 Å². The Labute approximate surface area is 145 Å². The highest BCUT2D eigenvalue weighted by atomic mass is 15.3. The van der Waals surface area contributed by atoms with Crippen LogP contribution in [-0.2, 0) is 0 Å². The third-order valence-electron chi connectivity index (χ3n) is 5.71. The normalized spacial score (nSPS) is 29.3. The van der Waals surface area contributed by atoms with Crippen molar-refractivity contribution >= 4 is 5.95 Å². The quantitative estimate of drug-likeness (QED) is 0.833. The molecule has 1 N–H and O–H groups in total. The van der Waals surface area contributed by atoms with Gasteiger partial charge in [-0.2, -0.15) is 0 Å². The van der Waals surface area contributed by atoms with Crippen LogP contribution in [0, 0.1) is 0 Å². The topological polar surface area (TPSA) is 47.5 Å². The zero-order valence-electron chi connectivity index (χ0n) is 14.8. The number of hydrogen-bond acceptors (Lipinski definition) is 6. The molecular formula is C18H30N6. The first-order chi connectivity index (χ1) is 11.8. The SMILES string of the molecule is C[C@H]1C[C@H](NCCN2CCN(c3ncccn3)CC2)CN1C1CC1. The van der Waals surface area contributed by atoms with Gasteiger partial charge in [0.1, 0.15) is 0 Å². The Balaban J connectivity index is 1.15. The fraction of sp³-hybridized carbons (Fsp3) is 0.778. The minimum atomic E-state index is 0.694. The summed E-state index contributed by atoms with van der Waals surface area (Å²) in [5.74, 6) is 0.871. The maximum Gasteiger partial charge on any atom is 0.225 e. The van der Waals surface area contributed by atoms with Crippen molar-refractivity contribution in [3.63, 3.8) is 0 Å². The van der Waals surface area contributed by atoms with E-state index in [0.29, 0.717) is 6.04 Å². The number of hydrogen-bond donors (Lipinski definition) is 1. The van der Waals surface area contributed by atoms with Gasteiger partial charge in [-0.05, 0) is 32.3 Å². The van der Waals surface area contributed by atoms with Crippen LogP contribution in [0.2, 0.25) is 0 Å². The van der Waals surface area contributed by atoms with E-state index in [1.807, 2.05) is 18.5 Å². The Kier molecular flexibility index (Phi) is 4.96. The summed E-state index contributed by atoms with van der Waals surface area (Å²) >= 11 is 0. The molecule has 1 aromatic heterocycles. The molecule has 0 aromatic carbocycles. The fourth-order valence-electron chi connectivity index (χ4n) is 4.17. The van der Waals surface area contributed by atoms with Crippen LogP contribution in [0.4, 0.5) is 5.95 Å². The summed E-state index contributed by atoms with van der Waals surface area (Å²) in [6.07, 6.45) is 7.81. The van der Waals surface area contributed by atoms with Gasteiger partial charge in [0.15, 0.2) is 0 Å². The van der Waals surface area contributed by atoms with Gasteiger partial charge in [-0.3, -0.25) is 9.80 Å². The largest absolute Gasteiger partial charge is 0.338 e. The summed E-state index contributed by atoms with van der Waals surface area (Å²) in [6, 6.07) is 4.24. The van der Waals surface area contributed by atoms with E-state index in [9.17, 15) is 0 Å². The summed E-state index contributed by atoms with van der Waals surface area (Å²) in [7, 11) is 0. The monoisotopic (exact) mass is 330 g/mol. The van der Waals surface area contributed by atoms with Crippen LogP contribution in [0.5, 0.6) is 0 Å². The molecule has 2 saturated heterocycles. The van der Waals surface area contributed by atoms with Gasteiger partial charge in [-0.1, -0.05) is 0 Å². The lowest BCUT2D eigenvalue weighted by atomic mass is 10.2. The molecule has 1 aliphatic carbocycles. The third kappa shape index (κ3) is 3.87. The van der Waals surface area contributed by atoms with Gasteiger partial charge in [0.2, 0.25) is 5.95 Å². The molecule has 0 amide bonds. The number of anilines is 1. The van der Waals surface area contributed by atoms with Gasteiger partial charge in [-0.15, -0.1) is 0 Å². The zero-order chi connectivity index (χ0) is 16.4. The molecule has 4 rings (SSSR count). The van der Waals surface area contributed by atoms with E-state index in [-0.39, 0.29) is 0 Å². The lowest BCUT2D eigenvalue weighted by Crippen LogP contribution is -2.49. The molecule has 3 aliphatic rings. The molecule has 1 saturated carbocycles. The molecule has 2 atom stereocenters. The molecule has 132 valence electrons. The van der Waals surface area contributed by atoms with Gasteiger partial charge < -0.3 is 10.2 Å². The van der Waals surface area contributed by atoms with Crippen molar-refractivity contribution in [2.45, 2.75) is 44.3 Å². The second kappa shape index (κ2) is 7.33. The van der Waals surface area contributed by atoms with E-state index >= 15 is 0 Å². The average Bonchev–Trinajstić information content (AvgIpc) is 3.40. The summed E-state index contributed by atoms with van der Waals surface area (Å²) in [4.78, 5) is 16.3. The average molecular weight is 330 g/mol. The highest BCUT2D eigenvalue weighted by Crippen LogP contribution is 2.33. The van der Waals surface area contributed by atoms with Crippen LogP contribution in [0.1, 0.15) is 26.2 Å². The number of nitrogens with one attached hydrogen (secondary N) is 1. The number of piperazine rings is 1. The van der Waals surface area contributed by atoms with Crippen molar-refractivity contribution in [3.8, 4) is 0 Å². The van der Waals surface area contributed by atoms with E-state index in [1.165, 1.54) is 25.8 Å². The Morgan fingerprint density at radius 3 is 2.58 bits per heavy atom. The predicted octanol–water partition coefficient (Wildman–Crippen LogP) is 0.813. The smallest absolute Gasteiger partial charge is 0.225 e. The summed E-state index contributed by atoms with van der Waals surface area (Å²) in [5, 5.41) is 3.79. The van der Waals surface area contributed by atoms with Crippen LogP contribution in [0.25, 0.3) is 0 Å². The highest BCUT2D eigenvalue weighted by molar-refractivity contribution is 5.29. The van der Waals surface area contributed by atoms with Gasteiger partial charge in [0.05, 0.1) is 0 Å². The van der Waals surface area contributed by atoms with Gasteiger partial charge in [0, 0.05) is 76.3 Å². The molecular weight excluding hydrogens is 300 g/mol. The van der Waals surface area contributed by atoms with Crippen molar-refractivity contribution in [2.75, 3.05) is 50.7 Å². The molecule has 0 bridgehead atoms. The second-order valence-electron chi connectivity index (χ2n) is 7.54. The molecule has 3 heterocycles. The fourth-order valence-corrected chi connectivity index (χ4v) is 4.17. The van der Waals surface area contributed by atoms with Gasteiger partial charge in [-0.25, -0.2) is 9.97 Å². The highest BCUT2D eigenvalue weighted by Gasteiger charge is 2.38. The maximum absolute atomic E-state index is 4.35. The van der Waals surface area contributed by atoms with Crippen LogP contribution in [0.3, 0.4) is 0 Å². The summed E-state index contributed by atoms with van der Waals surface area (Å²) in [5.41, 5.74) is 0. The molecule has 6 heteroatoms. The van der Waals surface area contributed by atoms with Crippen LogP contribution < -0.4 is 10.2 Å². The van der Waals surface area contributed by atoms with Gasteiger partial charge in [0.25, 0.3) is 0 Å². The Morgan fingerprint density at radius 2 is 1.88 bits per heavy atom. The molecule has 0 spiro atoms. The lowest BCUT2D eigenvalue weighted by molar-refractivity contribution is 0.245. The second-order valence-corrected chi connectivity index (χ2v) is 7.54. The number of aromatic nitrogens is 2. The zero-order valence-corrected chi connectivity index (χ0v) is 14.8. The Bertz CT molecular complexity index is 512. The summed E-state index contributed by atoms with van der Waals surface area (Å²) in [6.45, 7) is 10.2. The van der Waals surface area contributed by atoms with Crippen LogP contribution in [0.15, 0.2) is 18.5 Å². The standard InChI is InChI=1S/C18H30N6/c1-15-13-16(14-24(15)17-3-4-17)19-7-8-22-9-11-23(12-10-22)18-20-5-2-6-21-18/h2,5-6,15-17,19H,3-4,7-14H2,1H3/t15-,16-/m0/s1. The van der Waals surface area contributed by atoms with Crippen molar-refractivity contribution in [1.29, 1.82) is 0 Å². The Hall–Kier alpha value is -1.24. The van der Waals surface area contributed by atoms with Crippen LogP contribution in [-0.4, -0.2) is 83.7 Å². The van der Waals surface area contributed by atoms with Gasteiger partial charge >= 0.3 is 0 Å². The predicted molar refractivity (Wildman–Crippen MR) is 96.3 cm³/mol. The van der Waals surface area contributed by atoms with E-state index in [1.54, 1.807) is 0 Å². The first kappa shape index (κ1) is 16.2. The van der Waals surface area contributed by atoms with E-state index < -0.39 is 0 Å². The lowest BCUT2D eigenvalue weighted by Gasteiger charge is -2.34. The molecule has 0 unspecified atom stereocenters. The minimum absolute atomic E-state index is 0.694. The van der Waals surface area contributed by atoms with Crippen molar-refractivity contribution in [2.24, 2.45) is 0 Å². The van der Waals surface area contributed by atoms with E-state index in [4.69, 9.17) is 0 Å². The van der Waals surface area contributed by atoms with Crippen molar-refractivity contribution in [3.05, 3.63) is 18.5 Å². The number of nitrogens with zero attached hydrogens (tertiary/aromatic N) is 5. The van der Waals surface area contributed by atoms with Crippen LogP contribution >= 0.6 is 0 Å². The third-order valence-corrected chi connectivity index (χ3v) is 5.71. The first-order valence-corrected chi connectivity index (χ1v) is 9.53.